The Kier molecular flexibility index (Phi) is 5.27. The van der Waals surface area contributed by atoms with E-state index >= 15 is 0 Å². The average Bonchev–Trinajstić information content (AvgIpc) is 2.60. The standard InChI is InChI=1S/C19H20ClNO4S/c1-19(2,15-7-8-17-18(13-15)25-11-10-24-17)21-26(22,23)12-9-14-5-3-4-6-16(14)20/h3-9,12-13,21H,10-11H2,1-2H3. The van der Waals surface area contributed by atoms with Crippen LogP contribution in [0.4, 0.5) is 0 Å². The number of rotatable bonds is 5. The minimum atomic E-state index is -3.68. The topological polar surface area (TPSA) is 64.6 Å². The monoisotopic (exact) mass is 393 g/mol. The molecule has 0 atom stereocenters. The molecule has 5 nitrogen and oxygen atoms in total. The molecule has 26 heavy (non-hydrogen) atoms. The highest BCUT2D eigenvalue weighted by Gasteiger charge is 2.27. The molecule has 0 unspecified atom stereocenters. The van der Waals surface area contributed by atoms with Gasteiger partial charge in [-0.15, -0.1) is 0 Å². The highest BCUT2D eigenvalue weighted by atomic mass is 35.5. The smallest absolute Gasteiger partial charge is 0.234 e. The largest absolute Gasteiger partial charge is 0.486 e. The molecule has 0 radical (unpaired) electrons. The molecule has 2 aromatic rings. The average molecular weight is 394 g/mol. The molecule has 1 heterocycles. The summed E-state index contributed by atoms with van der Waals surface area (Å²) in [5.41, 5.74) is 0.576. The van der Waals surface area contributed by atoms with E-state index in [1.807, 2.05) is 6.07 Å². The maximum absolute atomic E-state index is 12.5. The van der Waals surface area contributed by atoms with E-state index in [9.17, 15) is 8.42 Å². The van der Waals surface area contributed by atoms with Crippen molar-refractivity contribution in [3.63, 3.8) is 0 Å². The number of ether oxygens (including phenoxy) is 2. The number of nitrogens with one attached hydrogen (secondary N) is 1. The van der Waals surface area contributed by atoms with Crippen molar-refractivity contribution in [2.24, 2.45) is 0 Å². The second kappa shape index (κ2) is 7.31. The molecule has 138 valence electrons. The van der Waals surface area contributed by atoms with Gasteiger partial charge in [-0.2, -0.15) is 0 Å². The third kappa shape index (κ3) is 4.38. The van der Waals surface area contributed by atoms with Gasteiger partial charge in [0.15, 0.2) is 11.5 Å². The molecule has 2 aromatic carbocycles. The lowest BCUT2D eigenvalue weighted by Crippen LogP contribution is -2.40. The van der Waals surface area contributed by atoms with Crippen LogP contribution in [0.1, 0.15) is 25.0 Å². The third-order valence-electron chi connectivity index (χ3n) is 3.99. The zero-order chi connectivity index (χ0) is 18.8. The van der Waals surface area contributed by atoms with Crippen molar-refractivity contribution in [1.29, 1.82) is 0 Å². The summed E-state index contributed by atoms with van der Waals surface area (Å²) in [5.74, 6) is 1.28. The second-order valence-corrected chi connectivity index (χ2v) is 8.43. The van der Waals surface area contributed by atoms with Crippen molar-refractivity contribution >= 4 is 27.7 Å². The van der Waals surface area contributed by atoms with Crippen LogP contribution in [0, 0.1) is 0 Å². The van der Waals surface area contributed by atoms with E-state index in [4.69, 9.17) is 21.1 Å². The number of fused-ring (bicyclic) bond motifs is 1. The molecule has 1 aliphatic heterocycles. The van der Waals surface area contributed by atoms with Crippen LogP contribution in [0.3, 0.4) is 0 Å². The minimum Gasteiger partial charge on any atom is -0.486 e. The predicted molar refractivity (Wildman–Crippen MR) is 103 cm³/mol. The van der Waals surface area contributed by atoms with Crippen LogP contribution in [0.5, 0.6) is 11.5 Å². The van der Waals surface area contributed by atoms with Gasteiger partial charge in [0.05, 0.1) is 5.54 Å². The molecular formula is C19H20ClNO4S. The van der Waals surface area contributed by atoms with Gasteiger partial charge in [0, 0.05) is 10.4 Å². The Morgan fingerprint density at radius 1 is 1.08 bits per heavy atom. The van der Waals surface area contributed by atoms with E-state index in [0.29, 0.717) is 35.3 Å². The fourth-order valence-corrected chi connectivity index (χ4v) is 4.08. The molecular weight excluding hydrogens is 374 g/mol. The Morgan fingerprint density at radius 3 is 2.50 bits per heavy atom. The van der Waals surface area contributed by atoms with Crippen LogP contribution in [-0.2, 0) is 15.6 Å². The number of hydrogen-bond acceptors (Lipinski definition) is 4. The fraction of sp³-hybridized carbons (Fsp3) is 0.263. The Bertz CT molecular complexity index is 938. The van der Waals surface area contributed by atoms with Crippen LogP contribution < -0.4 is 14.2 Å². The van der Waals surface area contributed by atoms with Crippen molar-refractivity contribution in [1.82, 2.24) is 4.72 Å². The molecule has 1 N–H and O–H groups in total. The summed E-state index contributed by atoms with van der Waals surface area (Å²) in [5, 5.41) is 1.61. The molecule has 0 aliphatic carbocycles. The lowest BCUT2D eigenvalue weighted by molar-refractivity contribution is 0.171. The molecule has 0 amide bonds. The van der Waals surface area contributed by atoms with E-state index in [1.54, 1.807) is 50.2 Å². The Balaban J connectivity index is 1.80. The Hall–Kier alpha value is -2.02. The van der Waals surface area contributed by atoms with E-state index < -0.39 is 15.6 Å². The van der Waals surface area contributed by atoms with Gasteiger partial charge in [0.2, 0.25) is 10.0 Å². The Morgan fingerprint density at radius 2 is 1.77 bits per heavy atom. The van der Waals surface area contributed by atoms with Gasteiger partial charge in [0.25, 0.3) is 0 Å². The number of benzene rings is 2. The lowest BCUT2D eigenvalue weighted by Gasteiger charge is -2.27. The predicted octanol–water partition coefficient (Wildman–Crippen LogP) is 3.94. The molecule has 0 aromatic heterocycles. The molecule has 1 aliphatic rings. The summed E-state index contributed by atoms with van der Waals surface area (Å²) in [4.78, 5) is 0. The van der Waals surface area contributed by atoms with Gasteiger partial charge in [0.1, 0.15) is 13.2 Å². The van der Waals surface area contributed by atoms with Gasteiger partial charge in [-0.1, -0.05) is 35.9 Å². The summed E-state index contributed by atoms with van der Waals surface area (Å²) in [6.45, 7) is 4.57. The van der Waals surface area contributed by atoms with Crippen molar-refractivity contribution in [2.75, 3.05) is 13.2 Å². The SMILES string of the molecule is CC(C)(NS(=O)(=O)C=Cc1ccccc1Cl)c1ccc2c(c1)OCCO2. The van der Waals surface area contributed by atoms with Crippen molar-refractivity contribution in [2.45, 2.75) is 19.4 Å². The quantitative estimate of drug-likeness (QED) is 0.835. The number of hydrogen-bond donors (Lipinski definition) is 1. The maximum Gasteiger partial charge on any atom is 0.234 e. The number of sulfonamides is 1. The zero-order valence-corrected chi connectivity index (χ0v) is 16.1. The normalized spacial score (nSPS) is 14.6. The van der Waals surface area contributed by atoms with Crippen LogP contribution in [0.15, 0.2) is 47.9 Å². The highest BCUT2D eigenvalue weighted by molar-refractivity contribution is 7.92. The first kappa shape index (κ1) is 18.8. The van der Waals surface area contributed by atoms with E-state index in [1.165, 1.54) is 6.08 Å². The molecule has 3 rings (SSSR count). The lowest BCUT2D eigenvalue weighted by atomic mass is 9.95. The van der Waals surface area contributed by atoms with Crippen LogP contribution in [-0.4, -0.2) is 21.6 Å². The molecule has 0 saturated carbocycles. The zero-order valence-electron chi connectivity index (χ0n) is 14.5. The van der Waals surface area contributed by atoms with Crippen LogP contribution in [0.2, 0.25) is 5.02 Å². The third-order valence-corrected chi connectivity index (χ3v) is 5.63. The first-order valence-corrected chi connectivity index (χ1v) is 10.1. The van der Waals surface area contributed by atoms with Gasteiger partial charge < -0.3 is 9.47 Å². The molecule has 0 saturated heterocycles. The summed E-state index contributed by atoms with van der Waals surface area (Å²) >= 11 is 6.06. The number of halogens is 1. The van der Waals surface area contributed by atoms with Crippen molar-refractivity contribution in [3.8, 4) is 11.5 Å². The first-order chi connectivity index (χ1) is 12.3. The van der Waals surface area contributed by atoms with Crippen LogP contribution in [0.25, 0.3) is 6.08 Å². The van der Waals surface area contributed by atoms with Gasteiger partial charge in [-0.3, -0.25) is 0 Å². The fourth-order valence-electron chi connectivity index (χ4n) is 2.65. The van der Waals surface area contributed by atoms with Gasteiger partial charge >= 0.3 is 0 Å². The van der Waals surface area contributed by atoms with E-state index in [0.717, 1.165) is 11.0 Å². The molecule has 0 fully saturated rings. The molecule has 7 heteroatoms. The van der Waals surface area contributed by atoms with Gasteiger partial charge in [-0.25, -0.2) is 13.1 Å². The Labute approximate surface area is 158 Å². The summed E-state index contributed by atoms with van der Waals surface area (Å²) in [6.07, 6.45) is 1.48. The summed E-state index contributed by atoms with van der Waals surface area (Å²) in [6, 6.07) is 12.5. The maximum atomic E-state index is 12.5. The highest BCUT2D eigenvalue weighted by Crippen LogP contribution is 2.34. The summed E-state index contributed by atoms with van der Waals surface area (Å²) < 4.78 is 38.8. The molecule has 0 bridgehead atoms. The van der Waals surface area contributed by atoms with E-state index in [-0.39, 0.29) is 0 Å². The van der Waals surface area contributed by atoms with Crippen molar-refractivity contribution < 1.29 is 17.9 Å². The second-order valence-electron chi connectivity index (χ2n) is 6.45. The minimum absolute atomic E-state index is 0.475. The first-order valence-electron chi connectivity index (χ1n) is 8.14. The molecule has 0 spiro atoms. The van der Waals surface area contributed by atoms with Crippen molar-refractivity contribution in [3.05, 3.63) is 64.0 Å². The summed E-state index contributed by atoms with van der Waals surface area (Å²) in [7, 11) is -3.68. The van der Waals surface area contributed by atoms with Crippen LogP contribution >= 0.6 is 11.6 Å². The van der Waals surface area contributed by atoms with Gasteiger partial charge in [-0.05, 0) is 49.2 Å². The van der Waals surface area contributed by atoms with E-state index in [2.05, 4.69) is 4.72 Å².